The Balaban J connectivity index is 2.15. The fourth-order valence-electron chi connectivity index (χ4n) is 1.57. The zero-order valence-electron chi connectivity index (χ0n) is 10.3. The van der Waals surface area contributed by atoms with Gasteiger partial charge in [0.15, 0.2) is 11.6 Å². The molecule has 1 heterocycles. The quantitative estimate of drug-likeness (QED) is 0.489. The van der Waals surface area contributed by atoms with Gasteiger partial charge in [0.1, 0.15) is 6.42 Å². The predicted molar refractivity (Wildman–Crippen MR) is 65.2 cm³/mol. The van der Waals surface area contributed by atoms with Crippen molar-refractivity contribution in [2.24, 2.45) is 0 Å². The van der Waals surface area contributed by atoms with Crippen molar-refractivity contribution in [2.45, 2.75) is 13.3 Å². The van der Waals surface area contributed by atoms with Crippen LogP contribution >= 0.6 is 0 Å². The van der Waals surface area contributed by atoms with Crippen molar-refractivity contribution >= 4 is 11.8 Å². The van der Waals surface area contributed by atoms with E-state index in [1.54, 1.807) is 31.2 Å². The Morgan fingerprint density at radius 2 is 2.21 bits per heavy atom. The van der Waals surface area contributed by atoms with E-state index >= 15 is 0 Å². The largest absolute Gasteiger partial charge is 0.466 e. The van der Waals surface area contributed by atoms with Gasteiger partial charge in [0.2, 0.25) is 0 Å². The number of H-pyrrole nitrogens is 1. The number of tetrazole rings is 1. The van der Waals surface area contributed by atoms with Crippen LogP contribution in [0.1, 0.15) is 23.7 Å². The Bertz CT molecular complexity index is 580. The smallest absolute Gasteiger partial charge is 0.313 e. The molecule has 0 unspecified atom stereocenters. The number of hydrogen-bond acceptors (Lipinski definition) is 6. The monoisotopic (exact) mass is 260 g/mol. The summed E-state index contributed by atoms with van der Waals surface area (Å²) in [4.78, 5) is 23.1. The first-order chi connectivity index (χ1) is 9.20. The summed E-state index contributed by atoms with van der Waals surface area (Å²) in [6, 6.07) is 6.73. The molecule has 0 bridgehead atoms. The van der Waals surface area contributed by atoms with Crippen LogP contribution in [0.3, 0.4) is 0 Å². The molecule has 1 aromatic carbocycles. The molecular formula is C12H12N4O3. The number of aromatic amines is 1. The summed E-state index contributed by atoms with van der Waals surface area (Å²) in [6.45, 7) is 1.95. The maximum absolute atomic E-state index is 11.9. The second kappa shape index (κ2) is 5.85. The molecule has 0 aliphatic heterocycles. The van der Waals surface area contributed by atoms with Gasteiger partial charge < -0.3 is 4.74 Å². The van der Waals surface area contributed by atoms with E-state index in [2.05, 4.69) is 20.6 Å². The molecule has 0 aliphatic rings. The minimum Gasteiger partial charge on any atom is -0.466 e. The average Bonchev–Trinajstić information content (AvgIpc) is 2.93. The second-order valence-electron chi connectivity index (χ2n) is 3.74. The number of rotatable bonds is 5. The number of carbonyl (C=O) groups is 2. The summed E-state index contributed by atoms with van der Waals surface area (Å²) < 4.78 is 4.74. The van der Waals surface area contributed by atoms with Gasteiger partial charge in [-0.1, -0.05) is 18.2 Å². The van der Waals surface area contributed by atoms with Gasteiger partial charge in [-0.05, 0) is 23.4 Å². The summed E-state index contributed by atoms with van der Waals surface area (Å²) in [6.07, 6.45) is -0.272. The number of ether oxygens (including phenoxy) is 1. The normalized spacial score (nSPS) is 10.2. The van der Waals surface area contributed by atoms with Gasteiger partial charge in [0.05, 0.1) is 6.61 Å². The van der Waals surface area contributed by atoms with E-state index in [1.807, 2.05) is 0 Å². The fourth-order valence-corrected chi connectivity index (χ4v) is 1.57. The number of ketones is 1. The van der Waals surface area contributed by atoms with Gasteiger partial charge in [0, 0.05) is 11.1 Å². The SMILES string of the molecule is CCOC(=O)CC(=O)c1cccc(-c2nnn[nH]2)c1. The van der Waals surface area contributed by atoms with E-state index < -0.39 is 5.97 Å². The number of esters is 1. The number of nitrogens with zero attached hydrogens (tertiary/aromatic N) is 3. The molecule has 7 nitrogen and oxygen atoms in total. The summed E-state index contributed by atoms with van der Waals surface area (Å²) in [5.41, 5.74) is 1.10. The molecule has 7 heteroatoms. The molecule has 2 aromatic rings. The molecule has 1 aromatic heterocycles. The Labute approximate surface area is 109 Å². The van der Waals surface area contributed by atoms with E-state index in [0.29, 0.717) is 17.0 Å². The van der Waals surface area contributed by atoms with E-state index in [0.717, 1.165) is 0 Å². The molecule has 0 spiro atoms. The third-order valence-electron chi connectivity index (χ3n) is 2.41. The summed E-state index contributed by atoms with van der Waals surface area (Å²) in [5, 5.41) is 13.3. The summed E-state index contributed by atoms with van der Waals surface area (Å²) in [5.74, 6) is -0.363. The topological polar surface area (TPSA) is 97.8 Å². The molecule has 0 aliphatic carbocycles. The highest BCUT2D eigenvalue weighted by Gasteiger charge is 2.13. The van der Waals surface area contributed by atoms with Crippen LogP contribution in [0.25, 0.3) is 11.4 Å². The summed E-state index contributed by atoms with van der Waals surface area (Å²) >= 11 is 0. The van der Waals surface area contributed by atoms with Crippen molar-refractivity contribution in [3.05, 3.63) is 29.8 Å². The minimum atomic E-state index is -0.528. The molecule has 19 heavy (non-hydrogen) atoms. The molecule has 1 N–H and O–H groups in total. The van der Waals surface area contributed by atoms with Gasteiger partial charge in [-0.15, -0.1) is 5.10 Å². The molecule has 0 saturated carbocycles. The van der Waals surface area contributed by atoms with Crippen LogP contribution in [-0.2, 0) is 9.53 Å². The third-order valence-corrected chi connectivity index (χ3v) is 2.41. The average molecular weight is 260 g/mol. The van der Waals surface area contributed by atoms with Crippen LogP contribution in [0.2, 0.25) is 0 Å². The van der Waals surface area contributed by atoms with Gasteiger partial charge in [0.25, 0.3) is 0 Å². The lowest BCUT2D eigenvalue weighted by atomic mass is 10.0. The molecule has 2 rings (SSSR count). The van der Waals surface area contributed by atoms with Crippen LogP contribution in [0.15, 0.2) is 24.3 Å². The highest BCUT2D eigenvalue weighted by molar-refractivity contribution is 6.06. The van der Waals surface area contributed by atoms with Gasteiger partial charge in [-0.2, -0.15) is 0 Å². The van der Waals surface area contributed by atoms with Crippen molar-refractivity contribution < 1.29 is 14.3 Å². The first-order valence-electron chi connectivity index (χ1n) is 5.73. The number of carbonyl (C=O) groups excluding carboxylic acids is 2. The number of hydrogen-bond donors (Lipinski definition) is 1. The van der Waals surface area contributed by atoms with Crippen molar-refractivity contribution in [1.82, 2.24) is 20.6 Å². The lowest BCUT2D eigenvalue weighted by Gasteiger charge is -2.03. The number of nitrogens with one attached hydrogen (secondary N) is 1. The molecule has 0 radical (unpaired) electrons. The maximum Gasteiger partial charge on any atom is 0.313 e. The first kappa shape index (κ1) is 12.9. The molecule has 98 valence electrons. The van der Waals surface area contributed by atoms with Crippen LogP contribution in [-0.4, -0.2) is 39.0 Å². The zero-order valence-corrected chi connectivity index (χ0v) is 10.3. The van der Waals surface area contributed by atoms with Crippen molar-refractivity contribution in [2.75, 3.05) is 6.61 Å². The van der Waals surface area contributed by atoms with Crippen LogP contribution in [0, 0.1) is 0 Å². The summed E-state index contributed by atoms with van der Waals surface area (Å²) in [7, 11) is 0. The van der Waals surface area contributed by atoms with E-state index in [9.17, 15) is 9.59 Å². The highest BCUT2D eigenvalue weighted by Crippen LogP contribution is 2.16. The maximum atomic E-state index is 11.9. The van der Waals surface area contributed by atoms with Crippen LogP contribution in [0.4, 0.5) is 0 Å². The Kier molecular flexibility index (Phi) is 3.97. The molecule has 0 amide bonds. The Hall–Kier alpha value is -2.57. The Morgan fingerprint density at radius 3 is 2.89 bits per heavy atom. The highest BCUT2D eigenvalue weighted by atomic mass is 16.5. The van der Waals surface area contributed by atoms with E-state index in [-0.39, 0.29) is 18.8 Å². The third kappa shape index (κ3) is 3.21. The lowest BCUT2D eigenvalue weighted by Crippen LogP contribution is -2.11. The first-order valence-corrected chi connectivity index (χ1v) is 5.73. The standard InChI is InChI=1S/C12H12N4O3/c1-2-19-11(18)7-10(17)8-4-3-5-9(6-8)12-13-15-16-14-12/h3-6H,2,7H2,1H3,(H,13,14,15,16). The zero-order chi connectivity index (χ0) is 13.7. The molecule has 0 atom stereocenters. The fraction of sp³-hybridized carbons (Fsp3) is 0.250. The predicted octanol–water partition coefficient (Wildman–Crippen LogP) is 1.00. The van der Waals surface area contributed by atoms with Crippen molar-refractivity contribution in [3.8, 4) is 11.4 Å². The number of aromatic nitrogens is 4. The molecule has 0 fully saturated rings. The van der Waals surface area contributed by atoms with Crippen LogP contribution < -0.4 is 0 Å². The van der Waals surface area contributed by atoms with Crippen LogP contribution in [0.5, 0.6) is 0 Å². The lowest BCUT2D eigenvalue weighted by molar-refractivity contribution is -0.141. The van der Waals surface area contributed by atoms with Gasteiger partial charge >= 0.3 is 5.97 Å². The minimum absolute atomic E-state index is 0.260. The number of Topliss-reactive ketones (excluding diaryl/α,β-unsaturated/α-hetero) is 1. The Morgan fingerprint density at radius 1 is 1.37 bits per heavy atom. The molecule has 0 saturated heterocycles. The van der Waals surface area contributed by atoms with E-state index in [4.69, 9.17) is 4.74 Å². The van der Waals surface area contributed by atoms with Gasteiger partial charge in [-0.3, -0.25) is 9.59 Å². The van der Waals surface area contributed by atoms with Gasteiger partial charge in [-0.25, -0.2) is 5.10 Å². The van der Waals surface area contributed by atoms with Crippen molar-refractivity contribution in [1.29, 1.82) is 0 Å². The van der Waals surface area contributed by atoms with E-state index in [1.165, 1.54) is 0 Å². The second-order valence-corrected chi connectivity index (χ2v) is 3.74. The number of benzene rings is 1. The molecular weight excluding hydrogens is 248 g/mol. The van der Waals surface area contributed by atoms with Crippen molar-refractivity contribution in [3.63, 3.8) is 0 Å².